The quantitative estimate of drug-likeness (QED) is 0.264. The van der Waals surface area contributed by atoms with Crippen LogP contribution in [0.15, 0.2) is 12.7 Å². The Morgan fingerprint density at radius 1 is 1.07 bits per heavy atom. The van der Waals surface area contributed by atoms with Gasteiger partial charge in [-0.05, 0) is 12.8 Å². The van der Waals surface area contributed by atoms with Crippen LogP contribution in [0, 0.1) is 0 Å². The number of halogens is 1. The van der Waals surface area contributed by atoms with Crippen molar-refractivity contribution < 1.29 is 0 Å². The normalized spacial score (nSPS) is 12.7. The van der Waals surface area contributed by atoms with Crippen LogP contribution in [0.4, 0.5) is 0 Å². The average molecular weight is 217 g/mol. The van der Waals surface area contributed by atoms with E-state index in [9.17, 15) is 0 Å². The van der Waals surface area contributed by atoms with Crippen LogP contribution in [-0.4, -0.2) is 5.38 Å². The molecule has 0 nitrogen and oxygen atoms in total. The van der Waals surface area contributed by atoms with Gasteiger partial charge >= 0.3 is 0 Å². The second kappa shape index (κ2) is 11.1. The molecular formula is C13H25Cl. The van der Waals surface area contributed by atoms with Gasteiger partial charge in [0.25, 0.3) is 0 Å². The molecule has 84 valence electrons. The number of hydrogen-bond donors (Lipinski definition) is 0. The molecule has 0 N–H and O–H groups in total. The highest BCUT2D eigenvalue weighted by atomic mass is 35.5. The third-order valence-corrected chi connectivity index (χ3v) is 2.94. The second-order valence-electron chi connectivity index (χ2n) is 4.03. The van der Waals surface area contributed by atoms with Crippen molar-refractivity contribution in [2.24, 2.45) is 0 Å². The Bertz CT molecular complexity index is 120. The first-order valence-electron chi connectivity index (χ1n) is 6.06. The van der Waals surface area contributed by atoms with Crippen molar-refractivity contribution in [1.82, 2.24) is 0 Å². The third-order valence-electron chi connectivity index (χ3n) is 2.54. The predicted molar refractivity (Wildman–Crippen MR) is 67.1 cm³/mol. The molecule has 0 bridgehead atoms. The minimum absolute atomic E-state index is 0.322. The smallest absolute Gasteiger partial charge is 0.0370 e. The molecule has 14 heavy (non-hydrogen) atoms. The lowest BCUT2D eigenvalue weighted by Gasteiger charge is -2.05. The summed E-state index contributed by atoms with van der Waals surface area (Å²) < 4.78 is 0. The van der Waals surface area contributed by atoms with Crippen LogP contribution in [0.1, 0.15) is 64.7 Å². The lowest BCUT2D eigenvalue weighted by atomic mass is 10.1. The summed E-state index contributed by atoms with van der Waals surface area (Å²) in [4.78, 5) is 0. The zero-order valence-electron chi connectivity index (χ0n) is 9.60. The first-order chi connectivity index (χ1) is 6.81. The largest absolute Gasteiger partial charge is 0.123 e. The van der Waals surface area contributed by atoms with Gasteiger partial charge in [0.15, 0.2) is 0 Å². The van der Waals surface area contributed by atoms with Gasteiger partial charge in [0.05, 0.1) is 0 Å². The fourth-order valence-electron chi connectivity index (χ4n) is 1.62. The van der Waals surface area contributed by atoms with Crippen LogP contribution in [0.3, 0.4) is 0 Å². The number of allylic oxidation sites excluding steroid dienone is 1. The molecule has 0 amide bonds. The molecule has 0 aliphatic heterocycles. The van der Waals surface area contributed by atoms with Gasteiger partial charge in [-0.2, -0.15) is 0 Å². The van der Waals surface area contributed by atoms with Gasteiger partial charge in [-0.3, -0.25) is 0 Å². The molecule has 0 aliphatic rings. The molecule has 1 atom stereocenters. The van der Waals surface area contributed by atoms with Gasteiger partial charge in [-0.1, -0.05) is 57.9 Å². The zero-order chi connectivity index (χ0) is 10.6. The molecule has 0 spiro atoms. The van der Waals surface area contributed by atoms with Crippen molar-refractivity contribution >= 4 is 11.6 Å². The highest BCUT2D eigenvalue weighted by Gasteiger charge is 2.00. The average Bonchev–Trinajstić information content (AvgIpc) is 2.17. The maximum atomic E-state index is 6.07. The Morgan fingerprint density at radius 3 is 2.21 bits per heavy atom. The van der Waals surface area contributed by atoms with Crippen molar-refractivity contribution in [1.29, 1.82) is 0 Å². The molecule has 1 heteroatoms. The lowest BCUT2D eigenvalue weighted by molar-refractivity contribution is 0.568. The second-order valence-corrected chi connectivity index (χ2v) is 4.65. The summed E-state index contributed by atoms with van der Waals surface area (Å²) in [5.74, 6) is 0. The van der Waals surface area contributed by atoms with Gasteiger partial charge in [-0.25, -0.2) is 0 Å². The molecular weight excluding hydrogens is 192 g/mol. The van der Waals surface area contributed by atoms with E-state index in [2.05, 4.69) is 13.5 Å². The van der Waals surface area contributed by atoms with Gasteiger partial charge < -0.3 is 0 Å². The number of alkyl halides is 1. The van der Waals surface area contributed by atoms with E-state index in [0.717, 1.165) is 12.8 Å². The van der Waals surface area contributed by atoms with E-state index < -0.39 is 0 Å². The summed E-state index contributed by atoms with van der Waals surface area (Å²) in [6, 6.07) is 0. The lowest BCUT2D eigenvalue weighted by Crippen LogP contribution is -1.95. The van der Waals surface area contributed by atoms with Crippen LogP contribution in [-0.2, 0) is 0 Å². The van der Waals surface area contributed by atoms with Gasteiger partial charge in [0.1, 0.15) is 0 Å². The predicted octanol–water partition coefficient (Wildman–Crippen LogP) is 5.31. The van der Waals surface area contributed by atoms with E-state index in [0.29, 0.717) is 5.38 Å². The standard InChI is InChI=1S/C13H25Cl/c1-3-5-6-7-8-9-10-12-13(14)11-4-2/h4,13H,2-3,5-12H2,1H3. The molecule has 0 heterocycles. The summed E-state index contributed by atoms with van der Waals surface area (Å²) in [6.45, 7) is 5.95. The Hall–Kier alpha value is 0.0300. The zero-order valence-corrected chi connectivity index (χ0v) is 10.4. The van der Waals surface area contributed by atoms with Crippen molar-refractivity contribution in [2.75, 3.05) is 0 Å². The Kier molecular flexibility index (Phi) is 11.1. The Balaban J connectivity index is 3.01. The van der Waals surface area contributed by atoms with E-state index in [4.69, 9.17) is 11.6 Å². The molecule has 0 aromatic heterocycles. The third kappa shape index (κ3) is 10.1. The van der Waals surface area contributed by atoms with Crippen LogP contribution in [0.5, 0.6) is 0 Å². The molecule has 0 rings (SSSR count). The molecule has 0 fully saturated rings. The van der Waals surface area contributed by atoms with Crippen molar-refractivity contribution in [3.05, 3.63) is 12.7 Å². The van der Waals surface area contributed by atoms with Gasteiger partial charge in [0.2, 0.25) is 0 Å². The Morgan fingerprint density at radius 2 is 1.64 bits per heavy atom. The molecule has 0 saturated carbocycles. The van der Waals surface area contributed by atoms with Crippen LogP contribution < -0.4 is 0 Å². The highest BCUT2D eigenvalue weighted by molar-refractivity contribution is 6.20. The summed E-state index contributed by atoms with van der Waals surface area (Å²) in [7, 11) is 0. The van der Waals surface area contributed by atoms with E-state index in [-0.39, 0.29) is 0 Å². The van der Waals surface area contributed by atoms with E-state index in [1.54, 1.807) is 0 Å². The maximum Gasteiger partial charge on any atom is 0.0370 e. The molecule has 0 aromatic rings. The van der Waals surface area contributed by atoms with Crippen molar-refractivity contribution in [2.45, 2.75) is 70.1 Å². The summed E-state index contributed by atoms with van der Waals surface area (Å²) >= 11 is 6.07. The maximum absolute atomic E-state index is 6.07. The van der Waals surface area contributed by atoms with Crippen LogP contribution in [0.2, 0.25) is 0 Å². The van der Waals surface area contributed by atoms with Gasteiger partial charge in [-0.15, -0.1) is 18.2 Å². The molecule has 0 aromatic carbocycles. The molecule has 0 radical (unpaired) electrons. The molecule has 0 aliphatic carbocycles. The fraction of sp³-hybridized carbons (Fsp3) is 0.846. The summed E-state index contributed by atoms with van der Waals surface area (Å²) in [5, 5.41) is 0.322. The van der Waals surface area contributed by atoms with Crippen molar-refractivity contribution in [3.63, 3.8) is 0 Å². The van der Waals surface area contributed by atoms with E-state index in [1.165, 1.54) is 44.9 Å². The SMILES string of the molecule is C=CCC(Cl)CCCCCCCCC. The first-order valence-corrected chi connectivity index (χ1v) is 6.49. The van der Waals surface area contributed by atoms with Crippen LogP contribution in [0.25, 0.3) is 0 Å². The monoisotopic (exact) mass is 216 g/mol. The number of rotatable bonds is 10. The topological polar surface area (TPSA) is 0 Å². The van der Waals surface area contributed by atoms with Gasteiger partial charge in [0, 0.05) is 5.38 Å². The number of hydrogen-bond acceptors (Lipinski definition) is 0. The van der Waals surface area contributed by atoms with Crippen molar-refractivity contribution in [3.8, 4) is 0 Å². The molecule has 1 unspecified atom stereocenters. The minimum Gasteiger partial charge on any atom is -0.123 e. The first kappa shape index (κ1) is 14.0. The minimum atomic E-state index is 0.322. The van der Waals surface area contributed by atoms with Crippen LogP contribution >= 0.6 is 11.6 Å². The molecule has 0 saturated heterocycles. The highest BCUT2D eigenvalue weighted by Crippen LogP contribution is 2.14. The fourth-order valence-corrected chi connectivity index (χ4v) is 1.90. The summed E-state index contributed by atoms with van der Waals surface area (Å²) in [6.07, 6.45) is 13.6. The Labute approximate surface area is 94.7 Å². The summed E-state index contributed by atoms with van der Waals surface area (Å²) in [5.41, 5.74) is 0. The van der Waals surface area contributed by atoms with E-state index >= 15 is 0 Å². The number of unbranched alkanes of at least 4 members (excludes halogenated alkanes) is 6. The van der Waals surface area contributed by atoms with E-state index in [1.807, 2.05) is 6.08 Å².